The molecular weight excluding hydrogens is 162 g/mol. The van der Waals surface area contributed by atoms with Crippen LogP contribution in [-0.4, -0.2) is 5.91 Å². The molecule has 13 heavy (non-hydrogen) atoms. The van der Waals surface area contributed by atoms with Crippen LogP contribution in [0.4, 0.5) is 0 Å². The molecule has 2 nitrogen and oxygen atoms in total. The normalized spacial score (nSPS) is 9.92. The largest absolute Gasteiger partial charge is 0.366 e. The van der Waals surface area contributed by atoms with Crippen molar-refractivity contribution in [1.29, 1.82) is 0 Å². The molecule has 0 atom stereocenters. The van der Waals surface area contributed by atoms with Crippen LogP contribution in [-0.2, 0) is 0 Å². The summed E-state index contributed by atoms with van der Waals surface area (Å²) in [5.74, 6) is -0.373. The first-order chi connectivity index (χ1) is 6.24. The predicted octanol–water partition coefficient (Wildman–Crippen LogP) is 2.14. The molecule has 1 rings (SSSR count). The summed E-state index contributed by atoms with van der Waals surface area (Å²) in [6, 6.07) is 7.33. The second kappa shape index (κ2) is 4.65. The minimum Gasteiger partial charge on any atom is -0.366 e. The van der Waals surface area contributed by atoms with E-state index in [1.807, 2.05) is 12.1 Å². The molecule has 0 spiro atoms. The topological polar surface area (TPSA) is 43.1 Å². The number of rotatable bonds is 4. The van der Waals surface area contributed by atoms with Gasteiger partial charge in [0.25, 0.3) is 0 Å². The van der Waals surface area contributed by atoms with E-state index in [-0.39, 0.29) is 5.91 Å². The quantitative estimate of drug-likeness (QED) is 0.750. The van der Waals surface area contributed by atoms with Crippen molar-refractivity contribution in [2.45, 2.75) is 19.8 Å². The van der Waals surface area contributed by atoms with Crippen molar-refractivity contribution >= 4 is 5.91 Å². The van der Waals surface area contributed by atoms with E-state index in [9.17, 15) is 4.79 Å². The third-order valence-electron chi connectivity index (χ3n) is 1.86. The summed E-state index contributed by atoms with van der Waals surface area (Å²) in [5.41, 5.74) is 6.82. The average molecular weight is 176 g/mol. The van der Waals surface area contributed by atoms with E-state index in [0.717, 1.165) is 18.4 Å². The van der Waals surface area contributed by atoms with Gasteiger partial charge in [0.15, 0.2) is 0 Å². The first-order valence-electron chi connectivity index (χ1n) is 4.47. The number of hydrogen-bond acceptors (Lipinski definition) is 1. The van der Waals surface area contributed by atoms with Crippen molar-refractivity contribution in [2.75, 3.05) is 0 Å². The maximum atomic E-state index is 10.7. The van der Waals surface area contributed by atoms with Gasteiger partial charge in [0.05, 0.1) is 0 Å². The van der Waals surface area contributed by atoms with Crippen LogP contribution in [0.25, 0.3) is 0 Å². The number of benzene rings is 1. The van der Waals surface area contributed by atoms with Crippen molar-refractivity contribution in [3.05, 3.63) is 41.8 Å². The summed E-state index contributed by atoms with van der Waals surface area (Å²) >= 11 is 0. The summed E-state index contributed by atoms with van der Waals surface area (Å²) in [6.07, 6.45) is 4.35. The number of unbranched alkanes of at least 4 members (excludes halogenated alkanes) is 1. The second-order valence-electron chi connectivity index (χ2n) is 2.98. The molecular formula is C11H14NO. The lowest BCUT2D eigenvalue weighted by Gasteiger charge is -1.99. The monoisotopic (exact) mass is 176 g/mol. The van der Waals surface area contributed by atoms with Gasteiger partial charge in [0.2, 0.25) is 5.91 Å². The van der Waals surface area contributed by atoms with Crippen LogP contribution in [0.3, 0.4) is 0 Å². The molecule has 1 aromatic rings. The van der Waals surface area contributed by atoms with E-state index < -0.39 is 0 Å². The van der Waals surface area contributed by atoms with Crippen LogP contribution in [0.5, 0.6) is 0 Å². The molecule has 2 heteroatoms. The van der Waals surface area contributed by atoms with E-state index in [2.05, 4.69) is 13.3 Å². The zero-order valence-corrected chi connectivity index (χ0v) is 7.79. The molecule has 69 valence electrons. The van der Waals surface area contributed by atoms with E-state index in [1.165, 1.54) is 0 Å². The molecule has 0 aliphatic carbocycles. The van der Waals surface area contributed by atoms with Gasteiger partial charge in [0.1, 0.15) is 0 Å². The third kappa shape index (κ3) is 2.90. The highest BCUT2D eigenvalue weighted by atomic mass is 16.1. The standard InChI is InChI=1S/C11H14NO/c1-2-3-4-9-5-7-10(8-6-9)11(12)13/h4-8H,2-3H2,1H3,(H2,12,13). The van der Waals surface area contributed by atoms with Crippen molar-refractivity contribution < 1.29 is 4.79 Å². The first kappa shape index (κ1) is 9.78. The third-order valence-corrected chi connectivity index (χ3v) is 1.86. The van der Waals surface area contributed by atoms with Gasteiger partial charge >= 0.3 is 0 Å². The van der Waals surface area contributed by atoms with Crippen LogP contribution < -0.4 is 5.73 Å². The highest BCUT2D eigenvalue weighted by Gasteiger charge is 1.98. The molecule has 0 bridgehead atoms. The molecule has 1 aromatic carbocycles. The summed E-state index contributed by atoms with van der Waals surface area (Å²) in [5, 5.41) is 0. The predicted molar refractivity (Wildman–Crippen MR) is 53.3 cm³/mol. The fourth-order valence-electron chi connectivity index (χ4n) is 1.09. The van der Waals surface area contributed by atoms with Crippen LogP contribution in [0.15, 0.2) is 24.3 Å². The van der Waals surface area contributed by atoms with E-state index in [0.29, 0.717) is 5.56 Å². The Balaban J connectivity index is 2.64. The molecule has 0 aromatic heterocycles. The van der Waals surface area contributed by atoms with Crippen molar-refractivity contribution in [1.82, 2.24) is 0 Å². The van der Waals surface area contributed by atoms with Gasteiger partial charge in [-0.2, -0.15) is 0 Å². The smallest absolute Gasteiger partial charge is 0.248 e. The zero-order chi connectivity index (χ0) is 9.68. The lowest BCUT2D eigenvalue weighted by Crippen LogP contribution is -2.10. The van der Waals surface area contributed by atoms with Crippen molar-refractivity contribution in [3.8, 4) is 0 Å². The number of amides is 1. The SMILES string of the molecule is CCC[CH]c1ccc(C(N)=O)cc1. The number of carbonyl (C=O) groups is 1. The van der Waals surface area contributed by atoms with Crippen LogP contribution in [0.1, 0.15) is 35.7 Å². The second-order valence-corrected chi connectivity index (χ2v) is 2.98. The average Bonchev–Trinajstić information content (AvgIpc) is 2.15. The zero-order valence-electron chi connectivity index (χ0n) is 7.79. The first-order valence-corrected chi connectivity index (χ1v) is 4.47. The van der Waals surface area contributed by atoms with Crippen LogP contribution in [0, 0.1) is 6.42 Å². The number of carbonyl (C=O) groups excluding carboxylic acids is 1. The van der Waals surface area contributed by atoms with Gasteiger partial charge in [0, 0.05) is 5.56 Å². The lowest BCUT2D eigenvalue weighted by atomic mass is 10.1. The van der Waals surface area contributed by atoms with Crippen LogP contribution >= 0.6 is 0 Å². The molecule has 0 fully saturated rings. The van der Waals surface area contributed by atoms with Gasteiger partial charge in [-0.05, 0) is 30.5 Å². The maximum absolute atomic E-state index is 10.7. The highest BCUT2D eigenvalue weighted by Crippen LogP contribution is 2.08. The molecule has 2 N–H and O–H groups in total. The lowest BCUT2D eigenvalue weighted by molar-refractivity contribution is 0.100. The maximum Gasteiger partial charge on any atom is 0.248 e. The Morgan fingerprint density at radius 2 is 2.00 bits per heavy atom. The summed E-state index contributed by atoms with van der Waals surface area (Å²) < 4.78 is 0. The molecule has 0 aliphatic heterocycles. The molecule has 1 radical (unpaired) electrons. The Morgan fingerprint density at radius 3 is 2.46 bits per heavy atom. The minimum absolute atomic E-state index is 0.373. The Hall–Kier alpha value is -1.31. The van der Waals surface area contributed by atoms with Crippen molar-refractivity contribution in [3.63, 3.8) is 0 Å². The van der Waals surface area contributed by atoms with Gasteiger partial charge in [-0.25, -0.2) is 0 Å². The summed E-state index contributed by atoms with van der Waals surface area (Å²) in [4.78, 5) is 10.7. The summed E-state index contributed by atoms with van der Waals surface area (Å²) in [6.45, 7) is 2.13. The van der Waals surface area contributed by atoms with E-state index in [1.54, 1.807) is 12.1 Å². The van der Waals surface area contributed by atoms with Gasteiger partial charge in [-0.15, -0.1) is 0 Å². The fraction of sp³-hybridized carbons (Fsp3) is 0.273. The molecule has 0 aliphatic rings. The highest BCUT2D eigenvalue weighted by molar-refractivity contribution is 5.92. The Kier molecular flexibility index (Phi) is 3.50. The van der Waals surface area contributed by atoms with E-state index in [4.69, 9.17) is 5.73 Å². The molecule has 0 saturated carbocycles. The van der Waals surface area contributed by atoms with E-state index >= 15 is 0 Å². The van der Waals surface area contributed by atoms with Crippen LogP contribution in [0.2, 0.25) is 0 Å². The number of nitrogens with two attached hydrogens (primary N) is 1. The minimum atomic E-state index is -0.373. The summed E-state index contributed by atoms with van der Waals surface area (Å²) in [7, 11) is 0. The number of hydrogen-bond donors (Lipinski definition) is 1. The van der Waals surface area contributed by atoms with Gasteiger partial charge < -0.3 is 5.73 Å². The van der Waals surface area contributed by atoms with Gasteiger partial charge in [-0.1, -0.05) is 25.5 Å². The molecule has 0 saturated heterocycles. The molecule has 1 amide bonds. The number of primary amides is 1. The van der Waals surface area contributed by atoms with Gasteiger partial charge in [-0.3, -0.25) is 4.79 Å². The fourth-order valence-corrected chi connectivity index (χ4v) is 1.09. The Morgan fingerprint density at radius 1 is 1.38 bits per heavy atom. The Labute approximate surface area is 78.8 Å². The Bertz CT molecular complexity index is 277. The molecule has 0 heterocycles. The molecule has 0 unspecified atom stereocenters. The van der Waals surface area contributed by atoms with Crippen molar-refractivity contribution in [2.24, 2.45) is 5.73 Å².